The van der Waals surface area contributed by atoms with Crippen LogP contribution in [0.4, 0.5) is 5.82 Å². The van der Waals surface area contributed by atoms with Gasteiger partial charge in [-0.05, 0) is 30.0 Å². The predicted molar refractivity (Wildman–Crippen MR) is 142 cm³/mol. The molecule has 0 saturated heterocycles. The van der Waals surface area contributed by atoms with Gasteiger partial charge in [-0.15, -0.1) is 0 Å². The van der Waals surface area contributed by atoms with Gasteiger partial charge in [-0.1, -0.05) is 55.8 Å². The Labute approximate surface area is 210 Å². The van der Waals surface area contributed by atoms with E-state index < -0.39 is 11.9 Å². The van der Waals surface area contributed by atoms with E-state index >= 15 is 0 Å². The molecule has 2 aromatic carbocycles. The summed E-state index contributed by atoms with van der Waals surface area (Å²) in [6.45, 7) is 3.17. The lowest BCUT2D eigenvalue weighted by Crippen LogP contribution is -2.40. The number of primary amides is 1. The molecule has 2 heterocycles. The highest BCUT2D eigenvalue weighted by Crippen LogP contribution is 2.30. The Hall–Kier alpha value is -3.98. The van der Waals surface area contributed by atoms with Gasteiger partial charge in [-0.3, -0.25) is 9.59 Å². The molecule has 9 heteroatoms. The van der Waals surface area contributed by atoms with E-state index in [0.717, 1.165) is 58.2 Å². The number of rotatable bonds is 11. The smallest absolute Gasteiger partial charge is 0.237 e. The third kappa shape index (κ3) is 5.63. The van der Waals surface area contributed by atoms with Crippen molar-refractivity contribution >= 4 is 39.6 Å². The molecule has 9 nitrogen and oxygen atoms in total. The van der Waals surface area contributed by atoms with E-state index in [1.165, 1.54) is 0 Å². The molecule has 0 spiro atoms. The van der Waals surface area contributed by atoms with Crippen molar-refractivity contribution in [1.82, 2.24) is 19.9 Å². The van der Waals surface area contributed by atoms with Crippen molar-refractivity contribution in [3.8, 4) is 0 Å². The number of nitrogens with zero attached hydrogens (tertiary/aromatic N) is 3. The average molecular weight is 488 g/mol. The van der Waals surface area contributed by atoms with E-state index in [1.807, 2.05) is 30.3 Å². The maximum atomic E-state index is 12.2. The fourth-order valence-corrected chi connectivity index (χ4v) is 4.30. The highest BCUT2D eigenvalue weighted by Gasteiger charge is 2.18. The van der Waals surface area contributed by atoms with Crippen molar-refractivity contribution in [3.63, 3.8) is 0 Å². The van der Waals surface area contributed by atoms with Crippen molar-refractivity contribution in [1.29, 1.82) is 0 Å². The zero-order valence-corrected chi connectivity index (χ0v) is 20.5. The second-order valence-electron chi connectivity index (χ2n) is 9.07. The van der Waals surface area contributed by atoms with Crippen LogP contribution < -0.4 is 22.5 Å². The Morgan fingerprint density at radius 3 is 2.50 bits per heavy atom. The molecule has 0 radical (unpaired) electrons. The number of hydrogen-bond donors (Lipinski definition) is 4. The molecule has 2 aromatic heterocycles. The SMILES string of the molecule is CCCCc1nc2c(N)nc3ccccc3c2n1Cc1ccc(CNC(=O)C(N)CCC(N)=O)cc1. The van der Waals surface area contributed by atoms with Crippen LogP contribution in [0.25, 0.3) is 21.9 Å². The summed E-state index contributed by atoms with van der Waals surface area (Å²) in [4.78, 5) is 32.5. The number of aromatic nitrogens is 3. The lowest BCUT2D eigenvalue weighted by molar-refractivity contribution is -0.123. The largest absolute Gasteiger partial charge is 0.382 e. The first-order valence-corrected chi connectivity index (χ1v) is 12.3. The molecule has 7 N–H and O–H groups in total. The predicted octanol–water partition coefficient (Wildman–Crippen LogP) is 2.77. The Balaban J connectivity index is 1.55. The van der Waals surface area contributed by atoms with Gasteiger partial charge in [0.15, 0.2) is 5.82 Å². The Bertz CT molecular complexity index is 1380. The monoisotopic (exact) mass is 487 g/mol. The molecule has 1 atom stereocenters. The minimum atomic E-state index is -0.760. The van der Waals surface area contributed by atoms with Crippen LogP contribution >= 0.6 is 0 Å². The van der Waals surface area contributed by atoms with Crippen LogP contribution in [0.2, 0.25) is 0 Å². The summed E-state index contributed by atoms with van der Waals surface area (Å²) >= 11 is 0. The highest BCUT2D eigenvalue weighted by atomic mass is 16.2. The Kier molecular flexibility index (Phi) is 7.80. The highest BCUT2D eigenvalue weighted by molar-refractivity contribution is 6.06. The number of amides is 2. The third-order valence-corrected chi connectivity index (χ3v) is 6.31. The number of benzene rings is 2. The number of carbonyl (C=O) groups is 2. The maximum Gasteiger partial charge on any atom is 0.237 e. The van der Waals surface area contributed by atoms with Crippen molar-refractivity contribution < 1.29 is 9.59 Å². The number of aryl methyl sites for hydroxylation is 1. The summed E-state index contributed by atoms with van der Waals surface area (Å²) in [6, 6.07) is 15.3. The molecule has 0 aliphatic heterocycles. The van der Waals surface area contributed by atoms with Gasteiger partial charge in [0.25, 0.3) is 0 Å². The lowest BCUT2D eigenvalue weighted by atomic mass is 10.1. The van der Waals surface area contributed by atoms with Gasteiger partial charge in [0.1, 0.15) is 11.3 Å². The first kappa shape index (κ1) is 25.1. The summed E-state index contributed by atoms with van der Waals surface area (Å²) in [5.74, 6) is 0.673. The minimum Gasteiger partial charge on any atom is -0.382 e. The fourth-order valence-electron chi connectivity index (χ4n) is 4.30. The van der Waals surface area contributed by atoms with Crippen LogP contribution in [0.5, 0.6) is 0 Å². The molecule has 2 amide bonds. The second-order valence-corrected chi connectivity index (χ2v) is 9.07. The van der Waals surface area contributed by atoms with Crippen LogP contribution in [-0.2, 0) is 29.1 Å². The van der Waals surface area contributed by atoms with Crippen molar-refractivity contribution in [2.45, 2.75) is 58.2 Å². The number of fused-ring (bicyclic) bond motifs is 3. The first-order chi connectivity index (χ1) is 17.4. The van der Waals surface area contributed by atoms with E-state index in [4.69, 9.17) is 22.2 Å². The van der Waals surface area contributed by atoms with Gasteiger partial charge in [-0.25, -0.2) is 9.97 Å². The van der Waals surface area contributed by atoms with E-state index in [-0.39, 0.29) is 18.7 Å². The third-order valence-electron chi connectivity index (χ3n) is 6.31. The van der Waals surface area contributed by atoms with Crippen LogP contribution in [0.1, 0.15) is 49.6 Å². The number of unbranched alkanes of at least 4 members (excludes halogenated alkanes) is 1. The number of anilines is 1. The number of nitrogens with two attached hydrogens (primary N) is 3. The van der Waals surface area contributed by atoms with Gasteiger partial charge < -0.3 is 27.1 Å². The number of carbonyl (C=O) groups excluding carboxylic acids is 2. The molecule has 36 heavy (non-hydrogen) atoms. The van der Waals surface area contributed by atoms with Crippen LogP contribution in [-0.4, -0.2) is 32.4 Å². The Morgan fingerprint density at radius 1 is 1.06 bits per heavy atom. The Morgan fingerprint density at radius 2 is 1.78 bits per heavy atom. The van der Waals surface area contributed by atoms with E-state index in [0.29, 0.717) is 18.9 Å². The van der Waals surface area contributed by atoms with E-state index in [2.05, 4.69) is 40.0 Å². The van der Waals surface area contributed by atoms with E-state index in [1.54, 1.807) is 0 Å². The first-order valence-electron chi connectivity index (χ1n) is 12.3. The fraction of sp³-hybridized carbons (Fsp3) is 0.333. The molecule has 0 fully saturated rings. The molecule has 4 aromatic rings. The minimum absolute atomic E-state index is 0.0868. The topological polar surface area (TPSA) is 155 Å². The number of pyridine rings is 1. The van der Waals surface area contributed by atoms with Crippen LogP contribution in [0, 0.1) is 0 Å². The number of hydrogen-bond acceptors (Lipinski definition) is 6. The second kappa shape index (κ2) is 11.2. The van der Waals surface area contributed by atoms with Gasteiger partial charge in [0, 0.05) is 31.3 Å². The quantitative estimate of drug-likeness (QED) is 0.255. The molecule has 0 bridgehead atoms. The van der Waals surface area contributed by atoms with Crippen molar-refractivity contribution in [3.05, 3.63) is 65.5 Å². The van der Waals surface area contributed by atoms with Gasteiger partial charge in [0.05, 0.1) is 17.1 Å². The summed E-state index contributed by atoms with van der Waals surface area (Å²) in [6.07, 6.45) is 3.29. The standard InChI is InChI=1S/C27H33N7O2/c1-2-3-8-23-33-24-25(19-6-4-5-7-21(19)32-26(24)30)34(23)16-18-11-9-17(10-12-18)15-31-27(36)20(28)13-14-22(29)35/h4-7,9-12,20H,2-3,8,13-16,28H2,1H3,(H2,29,35)(H2,30,32)(H,31,36). The molecular weight excluding hydrogens is 454 g/mol. The summed E-state index contributed by atoms with van der Waals surface area (Å²) in [5.41, 5.74) is 21.9. The summed E-state index contributed by atoms with van der Waals surface area (Å²) < 4.78 is 2.25. The molecule has 188 valence electrons. The molecule has 0 saturated carbocycles. The molecule has 0 aliphatic carbocycles. The zero-order valence-electron chi connectivity index (χ0n) is 20.5. The molecule has 1 unspecified atom stereocenters. The number of nitrogens with one attached hydrogen (secondary N) is 1. The lowest BCUT2D eigenvalue weighted by Gasteiger charge is -2.13. The van der Waals surface area contributed by atoms with Gasteiger partial charge in [-0.2, -0.15) is 0 Å². The van der Waals surface area contributed by atoms with Crippen LogP contribution in [0.15, 0.2) is 48.5 Å². The van der Waals surface area contributed by atoms with Gasteiger partial charge in [0.2, 0.25) is 11.8 Å². The van der Waals surface area contributed by atoms with E-state index in [9.17, 15) is 9.59 Å². The summed E-state index contributed by atoms with van der Waals surface area (Å²) in [5, 5.41) is 3.85. The average Bonchev–Trinajstić information content (AvgIpc) is 3.24. The number of nitrogen functional groups attached to an aromatic ring is 1. The van der Waals surface area contributed by atoms with Crippen molar-refractivity contribution in [2.24, 2.45) is 11.5 Å². The number of imidazole rings is 1. The zero-order chi connectivity index (χ0) is 25.7. The van der Waals surface area contributed by atoms with Gasteiger partial charge >= 0.3 is 0 Å². The summed E-state index contributed by atoms with van der Waals surface area (Å²) in [7, 11) is 0. The maximum absolute atomic E-state index is 12.2. The normalized spacial score (nSPS) is 12.2. The number of para-hydroxylation sites is 1. The molecule has 4 rings (SSSR count). The molecular formula is C27H33N7O2. The van der Waals surface area contributed by atoms with Crippen LogP contribution in [0.3, 0.4) is 0 Å². The van der Waals surface area contributed by atoms with Crippen molar-refractivity contribution in [2.75, 3.05) is 5.73 Å². The molecule has 0 aliphatic rings.